The van der Waals surface area contributed by atoms with E-state index in [0.717, 1.165) is 6.42 Å². The Kier molecular flexibility index (Phi) is 4.97. The average Bonchev–Trinajstić information content (AvgIpc) is 3.16. The first-order valence-electron chi connectivity index (χ1n) is 8.15. The van der Waals surface area contributed by atoms with Crippen molar-refractivity contribution in [3.05, 3.63) is 42.7 Å². The van der Waals surface area contributed by atoms with Crippen molar-refractivity contribution in [1.82, 2.24) is 19.4 Å². The molecule has 1 N–H and O–H groups in total. The summed E-state index contributed by atoms with van der Waals surface area (Å²) in [6.07, 6.45) is 9.27. The molecule has 8 nitrogen and oxygen atoms in total. The van der Waals surface area contributed by atoms with Crippen molar-refractivity contribution in [2.24, 2.45) is 5.92 Å². The van der Waals surface area contributed by atoms with Gasteiger partial charge < -0.3 is 19.5 Å². The highest BCUT2D eigenvalue weighted by molar-refractivity contribution is 5.93. The predicted molar refractivity (Wildman–Crippen MR) is 91.2 cm³/mol. The lowest BCUT2D eigenvalue weighted by molar-refractivity contribution is 0.0600. The van der Waals surface area contributed by atoms with Crippen LogP contribution in [-0.2, 0) is 4.74 Å². The highest BCUT2D eigenvalue weighted by Gasteiger charge is 2.29. The number of carbonyl (C=O) groups excluding carboxylic acids is 2. The molecule has 25 heavy (non-hydrogen) atoms. The van der Waals surface area contributed by atoms with Gasteiger partial charge in [0.1, 0.15) is 0 Å². The van der Waals surface area contributed by atoms with Crippen LogP contribution < -0.4 is 5.32 Å². The fourth-order valence-electron chi connectivity index (χ4n) is 3.03. The van der Waals surface area contributed by atoms with E-state index in [1.54, 1.807) is 23.5 Å². The lowest BCUT2D eigenvalue weighted by atomic mass is 9.93. The summed E-state index contributed by atoms with van der Waals surface area (Å²) in [5.41, 5.74) is 0.759. The molecule has 0 radical (unpaired) electrons. The first-order valence-corrected chi connectivity index (χ1v) is 8.15. The molecule has 2 amide bonds. The number of amides is 2. The first-order chi connectivity index (χ1) is 12.1. The van der Waals surface area contributed by atoms with E-state index >= 15 is 0 Å². The minimum absolute atomic E-state index is 0.196. The van der Waals surface area contributed by atoms with Crippen molar-refractivity contribution in [2.75, 3.05) is 25.5 Å². The number of hydrogen-bond acceptors (Lipinski definition) is 5. The number of aromatic nitrogens is 3. The molecular formula is C17H21N5O3. The predicted octanol–water partition coefficient (Wildman–Crippen LogP) is 2.18. The second-order valence-corrected chi connectivity index (χ2v) is 6.17. The second-order valence-electron chi connectivity index (χ2n) is 6.17. The standard InChI is InChI=1S/C17H21N5O3/c1-12-3-5-21(10-15(12)22-6-4-18-11-22)17(24)20-14-7-13(8-19-9-14)16(23)25-2/h4,6-9,11-12,15H,3,5,10H2,1-2H3,(H,20,24)/t12-,15-/m0/s1. The molecule has 0 spiro atoms. The number of methoxy groups -OCH3 is 1. The Labute approximate surface area is 145 Å². The number of carbonyl (C=O) groups is 2. The Balaban J connectivity index is 1.68. The van der Waals surface area contributed by atoms with Crippen molar-refractivity contribution in [2.45, 2.75) is 19.4 Å². The van der Waals surface area contributed by atoms with E-state index in [9.17, 15) is 9.59 Å². The third-order valence-corrected chi connectivity index (χ3v) is 4.52. The van der Waals surface area contributed by atoms with E-state index in [-0.39, 0.29) is 12.1 Å². The molecular weight excluding hydrogens is 322 g/mol. The van der Waals surface area contributed by atoms with Crippen LogP contribution in [0.15, 0.2) is 37.2 Å². The zero-order chi connectivity index (χ0) is 17.8. The number of nitrogens with one attached hydrogen (secondary N) is 1. The largest absolute Gasteiger partial charge is 0.465 e. The van der Waals surface area contributed by atoms with Crippen molar-refractivity contribution in [3.63, 3.8) is 0 Å². The van der Waals surface area contributed by atoms with Gasteiger partial charge in [-0.3, -0.25) is 4.98 Å². The Morgan fingerprint density at radius 2 is 2.16 bits per heavy atom. The number of urea groups is 1. The van der Waals surface area contributed by atoms with Crippen LogP contribution in [0.3, 0.4) is 0 Å². The number of nitrogens with zero attached hydrogens (tertiary/aromatic N) is 4. The molecule has 2 aromatic rings. The number of piperidine rings is 1. The zero-order valence-corrected chi connectivity index (χ0v) is 14.3. The number of hydrogen-bond donors (Lipinski definition) is 1. The van der Waals surface area contributed by atoms with Crippen molar-refractivity contribution in [3.8, 4) is 0 Å². The summed E-state index contributed by atoms with van der Waals surface area (Å²) >= 11 is 0. The molecule has 0 unspecified atom stereocenters. The Hall–Kier alpha value is -2.90. The van der Waals surface area contributed by atoms with Gasteiger partial charge in [-0.25, -0.2) is 14.6 Å². The van der Waals surface area contributed by atoms with E-state index in [4.69, 9.17) is 0 Å². The van der Waals surface area contributed by atoms with Crippen LogP contribution in [0.1, 0.15) is 29.7 Å². The maximum atomic E-state index is 12.6. The Morgan fingerprint density at radius 1 is 1.32 bits per heavy atom. The van der Waals surface area contributed by atoms with E-state index in [1.807, 2.05) is 10.8 Å². The van der Waals surface area contributed by atoms with Gasteiger partial charge in [0.05, 0.1) is 36.9 Å². The highest BCUT2D eigenvalue weighted by Crippen LogP contribution is 2.27. The molecule has 1 saturated heterocycles. The minimum Gasteiger partial charge on any atom is -0.465 e. The maximum absolute atomic E-state index is 12.6. The van der Waals surface area contributed by atoms with Crippen molar-refractivity contribution < 1.29 is 14.3 Å². The topological polar surface area (TPSA) is 89.3 Å². The Morgan fingerprint density at radius 3 is 2.88 bits per heavy atom. The molecule has 0 aliphatic carbocycles. The fourth-order valence-corrected chi connectivity index (χ4v) is 3.03. The van der Waals surface area contributed by atoms with E-state index in [1.165, 1.54) is 19.5 Å². The first kappa shape index (κ1) is 16.9. The van der Waals surface area contributed by atoms with Crippen LogP contribution in [0.5, 0.6) is 0 Å². The van der Waals surface area contributed by atoms with Crippen molar-refractivity contribution in [1.29, 1.82) is 0 Å². The van der Waals surface area contributed by atoms with Crippen LogP contribution in [0.2, 0.25) is 0 Å². The van der Waals surface area contributed by atoms with Crippen LogP contribution in [0.4, 0.5) is 10.5 Å². The molecule has 8 heteroatoms. The molecule has 3 heterocycles. The molecule has 3 rings (SSSR count). The molecule has 1 fully saturated rings. The third-order valence-electron chi connectivity index (χ3n) is 4.52. The van der Waals surface area contributed by atoms with Crippen LogP contribution in [0.25, 0.3) is 0 Å². The summed E-state index contributed by atoms with van der Waals surface area (Å²) in [6, 6.07) is 1.54. The molecule has 0 bridgehead atoms. The van der Waals surface area contributed by atoms with Crippen LogP contribution in [-0.4, -0.2) is 51.6 Å². The van der Waals surface area contributed by atoms with Gasteiger partial charge in [0.2, 0.25) is 0 Å². The summed E-state index contributed by atoms with van der Waals surface area (Å²) in [6.45, 7) is 3.47. The number of pyridine rings is 1. The molecule has 1 aliphatic rings. The number of ether oxygens (including phenoxy) is 1. The summed E-state index contributed by atoms with van der Waals surface area (Å²) < 4.78 is 6.71. The zero-order valence-electron chi connectivity index (χ0n) is 14.3. The normalized spacial score (nSPS) is 20.2. The average molecular weight is 343 g/mol. The molecule has 2 atom stereocenters. The summed E-state index contributed by atoms with van der Waals surface area (Å²) in [5, 5.41) is 2.80. The van der Waals surface area contributed by atoms with E-state index in [0.29, 0.717) is 30.3 Å². The SMILES string of the molecule is COC(=O)c1cncc(NC(=O)N2CC[C@H](C)[C@@H](n3ccnc3)C2)c1. The number of imidazole rings is 1. The number of likely N-dealkylation sites (tertiary alicyclic amines) is 1. The molecule has 1 aliphatic heterocycles. The minimum atomic E-state index is -0.490. The Bertz CT molecular complexity index is 747. The number of anilines is 1. The molecule has 2 aromatic heterocycles. The lowest BCUT2D eigenvalue weighted by Crippen LogP contribution is -2.45. The number of rotatable bonds is 3. The van der Waals surface area contributed by atoms with Crippen LogP contribution in [0, 0.1) is 5.92 Å². The van der Waals surface area contributed by atoms with Gasteiger partial charge in [-0.2, -0.15) is 0 Å². The van der Waals surface area contributed by atoms with E-state index < -0.39 is 5.97 Å². The fraction of sp³-hybridized carbons (Fsp3) is 0.412. The maximum Gasteiger partial charge on any atom is 0.339 e. The van der Waals surface area contributed by atoms with Gasteiger partial charge in [-0.1, -0.05) is 6.92 Å². The van der Waals surface area contributed by atoms with E-state index in [2.05, 4.69) is 26.9 Å². The smallest absolute Gasteiger partial charge is 0.339 e. The highest BCUT2D eigenvalue weighted by atomic mass is 16.5. The van der Waals surface area contributed by atoms with Gasteiger partial charge >= 0.3 is 12.0 Å². The molecule has 0 saturated carbocycles. The third kappa shape index (κ3) is 3.78. The van der Waals surface area contributed by atoms with Gasteiger partial charge in [0.25, 0.3) is 0 Å². The number of esters is 1. The molecule has 132 valence electrons. The summed E-state index contributed by atoms with van der Waals surface area (Å²) in [5.74, 6) is -0.0295. The monoisotopic (exact) mass is 343 g/mol. The van der Waals surface area contributed by atoms with Gasteiger partial charge in [0, 0.05) is 31.7 Å². The molecule has 0 aromatic carbocycles. The van der Waals surface area contributed by atoms with Gasteiger partial charge in [0.15, 0.2) is 0 Å². The van der Waals surface area contributed by atoms with Crippen molar-refractivity contribution >= 4 is 17.7 Å². The summed E-state index contributed by atoms with van der Waals surface area (Å²) in [4.78, 5) is 34.0. The lowest BCUT2D eigenvalue weighted by Gasteiger charge is -2.37. The van der Waals surface area contributed by atoms with Gasteiger partial charge in [-0.15, -0.1) is 0 Å². The van der Waals surface area contributed by atoms with Crippen LogP contribution >= 0.6 is 0 Å². The summed E-state index contributed by atoms with van der Waals surface area (Å²) in [7, 11) is 1.30. The van der Waals surface area contributed by atoms with Gasteiger partial charge in [-0.05, 0) is 18.4 Å². The quantitative estimate of drug-likeness (QED) is 0.863. The second kappa shape index (κ2) is 7.33.